The predicted octanol–water partition coefficient (Wildman–Crippen LogP) is 4.16. The fourth-order valence-electron chi connectivity index (χ4n) is 5.67. The lowest BCUT2D eigenvalue weighted by atomic mass is 9.74. The zero-order valence-corrected chi connectivity index (χ0v) is 21.6. The number of hydrogen-bond acceptors (Lipinski definition) is 6. The molecule has 1 aliphatic heterocycles. The molecule has 31 heavy (non-hydrogen) atoms. The molecule has 182 valence electrons. The molecule has 0 spiro atoms. The van der Waals surface area contributed by atoms with Crippen molar-refractivity contribution in [2.45, 2.75) is 129 Å². The van der Waals surface area contributed by atoms with E-state index in [1.54, 1.807) is 6.92 Å². The molecular weight excluding hydrogens is 394 g/mol. The lowest BCUT2D eigenvalue weighted by molar-refractivity contribution is -0.164. The maximum absolute atomic E-state index is 13.6. The quantitative estimate of drug-likeness (QED) is 0.458. The Morgan fingerprint density at radius 1 is 1.06 bits per heavy atom. The molecule has 0 saturated carbocycles. The van der Waals surface area contributed by atoms with E-state index in [-0.39, 0.29) is 41.5 Å². The summed E-state index contributed by atoms with van der Waals surface area (Å²) in [5.41, 5.74) is -1.71. The minimum atomic E-state index is -0.961. The van der Waals surface area contributed by atoms with Crippen LogP contribution in [-0.2, 0) is 19.1 Å². The van der Waals surface area contributed by atoms with Gasteiger partial charge in [-0.05, 0) is 73.6 Å². The third kappa shape index (κ3) is 5.95. The number of methoxy groups -OCH3 is 1. The standard InChI is InChI=1S/C25H47NO5/c1-11-17(4)31-19-14-23(6,7)26(24(8,9)15-19)20(16-27)21(28)18(5)22(29)25(12-2,13-3)30-10/h17-20,27H,11-16H2,1-10H3. The summed E-state index contributed by atoms with van der Waals surface area (Å²) in [7, 11) is 1.53. The second-order valence-corrected chi connectivity index (χ2v) is 10.5. The van der Waals surface area contributed by atoms with Crippen LogP contribution in [0.15, 0.2) is 0 Å². The molecule has 0 aliphatic carbocycles. The second kappa shape index (κ2) is 10.9. The Balaban J connectivity index is 3.22. The van der Waals surface area contributed by atoms with Gasteiger partial charge in [-0.2, -0.15) is 0 Å². The first-order valence-corrected chi connectivity index (χ1v) is 12.0. The highest BCUT2D eigenvalue weighted by molar-refractivity contribution is 6.07. The zero-order valence-electron chi connectivity index (χ0n) is 21.6. The van der Waals surface area contributed by atoms with Crippen molar-refractivity contribution < 1.29 is 24.2 Å². The van der Waals surface area contributed by atoms with Crippen LogP contribution in [0.2, 0.25) is 0 Å². The van der Waals surface area contributed by atoms with Crippen molar-refractivity contribution in [3.63, 3.8) is 0 Å². The van der Waals surface area contributed by atoms with Gasteiger partial charge in [-0.25, -0.2) is 0 Å². The van der Waals surface area contributed by atoms with Crippen molar-refractivity contribution in [3.8, 4) is 0 Å². The van der Waals surface area contributed by atoms with Crippen LogP contribution in [0.3, 0.4) is 0 Å². The summed E-state index contributed by atoms with van der Waals surface area (Å²) < 4.78 is 11.8. The lowest BCUT2D eigenvalue weighted by Crippen LogP contribution is -2.68. The molecule has 6 heteroatoms. The van der Waals surface area contributed by atoms with Gasteiger partial charge in [0.25, 0.3) is 0 Å². The summed E-state index contributed by atoms with van der Waals surface area (Å²) in [6.07, 6.45) is 3.77. The predicted molar refractivity (Wildman–Crippen MR) is 124 cm³/mol. The third-order valence-electron chi connectivity index (χ3n) is 7.37. The molecule has 1 heterocycles. The summed E-state index contributed by atoms with van der Waals surface area (Å²) >= 11 is 0. The maximum Gasteiger partial charge on any atom is 0.174 e. The van der Waals surface area contributed by atoms with Gasteiger partial charge < -0.3 is 14.6 Å². The van der Waals surface area contributed by atoms with Gasteiger partial charge >= 0.3 is 0 Å². The third-order valence-corrected chi connectivity index (χ3v) is 7.37. The van der Waals surface area contributed by atoms with E-state index in [1.807, 2.05) is 13.8 Å². The number of ketones is 2. The van der Waals surface area contributed by atoms with E-state index in [9.17, 15) is 14.7 Å². The molecular formula is C25H47NO5. The number of carbonyl (C=O) groups excluding carboxylic acids is 2. The molecule has 1 N–H and O–H groups in total. The van der Waals surface area contributed by atoms with E-state index in [2.05, 4.69) is 46.4 Å². The molecule has 0 amide bonds. The van der Waals surface area contributed by atoms with E-state index in [0.717, 1.165) is 19.3 Å². The van der Waals surface area contributed by atoms with Crippen LogP contribution in [0, 0.1) is 5.92 Å². The lowest BCUT2D eigenvalue weighted by Gasteiger charge is -2.57. The van der Waals surface area contributed by atoms with Gasteiger partial charge in [-0.1, -0.05) is 20.8 Å². The fourth-order valence-corrected chi connectivity index (χ4v) is 5.67. The molecule has 0 radical (unpaired) electrons. The van der Waals surface area contributed by atoms with Gasteiger partial charge in [-0.15, -0.1) is 0 Å². The largest absolute Gasteiger partial charge is 0.394 e. The van der Waals surface area contributed by atoms with Crippen LogP contribution in [-0.4, -0.2) is 70.2 Å². The van der Waals surface area contributed by atoms with Gasteiger partial charge in [-0.3, -0.25) is 14.5 Å². The minimum Gasteiger partial charge on any atom is -0.394 e. The molecule has 1 rings (SSSR count). The van der Waals surface area contributed by atoms with Gasteiger partial charge in [0, 0.05) is 18.2 Å². The number of Topliss-reactive ketones (excluding diaryl/α,β-unsaturated/α-hetero) is 2. The summed E-state index contributed by atoms with van der Waals surface area (Å²) in [6, 6.07) is -0.753. The van der Waals surface area contributed by atoms with Crippen LogP contribution < -0.4 is 0 Å². The van der Waals surface area contributed by atoms with Crippen molar-refractivity contribution in [1.29, 1.82) is 0 Å². The minimum absolute atomic E-state index is 0.0889. The van der Waals surface area contributed by atoms with E-state index in [1.165, 1.54) is 7.11 Å². The van der Waals surface area contributed by atoms with Crippen molar-refractivity contribution in [2.75, 3.05) is 13.7 Å². The summed E-state index contributed by atoms with van der Waals surface area (Å²) in [5, 5.41) is 10.3. The van der Waals surface area contributed by atoms with Gasteiger partial charge in [0.05, 0.1) is 30.8 Å². The number of aliphatic hydroxyl groups is 1. The highest BCUT2D eigenvalue weighted by Crippen LogP contribution is 2.42. The molecule has 3 atom stereocenters. The summed E-state index contributed by atoms with van der Waals surface area (Å²) in [5.74, 6) is -1.29. The van der Waals surface area contributed by atoms with Crippen molar-refractivity contribution in [3.05, 3.63) is 0 Å². The molecule has 1 aliphatic rings. The van der Waals surface area contributed by atoms with Crippen molar-refractivity contribution in [2.24, 2.45) is 5.92 Å². The number of ether oxygens (including phenoxy) is 2. The van der Waals surface area contributed by atoms with E-state index in [0.29, 0.717) is 12.8 Å². The molecule has 3 unspecified atom stereocenters. The Morgan fingerprint density at radius 2 is 1.55 bits per heavy atom. The zero-order chi connectivity index (χ0) is 24.2. The molecule has 6 nitrogen and oxygen atoms in total. The summed E-state index contributed by atoms with van der Waals surface area (Å²) in [4.78, 5) is 29.0. The Morgan fingerprint density at radius 3 is 1.90 bits per heavy atom. The highest BCUT2D eigenvalue weighted by atomic mass is 16.5. The Kier molecular flexibility index (Phi) is 9.89. The first-order valence-electron chi connectivity index (χ1n) is 12.0. The number of carbonyl (C=O) groups is 2. The van der Waals surface area contributed by atoms with Crippen LogP contribution >= 0.6 is 0 Å². The number of hydrogen-bond donors (Lipinski definition) is 1. The average molecular weight is 442 g/mol. The van der Waals surface area contributed by atoms with Crippen molar-refractivity contribution >= 4 is 11.6 Å². The number of nitrogens with zero attached hydrogens (tertiary/aromatic N) is 1. The summed E-state index contributed by atoms with van der Waals surface area (Å²) in [6.45, 7) is 17.7. The number of likely N-dealkylation sites (tertiary alicyclic amines) is 1. The van der Waals surface area contributed by atoms with E-state index in [4.69, 9.17) is 9.47 Å². The van der Waals surface area contributed by atoms with Crippen molar-refractivity contribution in [1.82, 2.24) is 4.90 Å². The van der Waals surface area contributed by atoms with Gasteiger partial charge in [0.2, 0.25) is 0 Å². The van der Waals surface area contributed by atoms with Crippen LogP contribution in [0.4, 0.5) is 0 Å². The molecule has 0 bridgehead atoms. The van der Waals surface area contributed by atoms with Crippen LogP contribution in [0.25, 0.3) is 0 Å². The Bertz CT molecular complexity index is 585. The second-order valence-electron chi connectivity index (χ2n) is 10.5. The normalized spacial score (nSPS) is 22.7. The van der Waals surface area contributed by atoms with Crippen LogP contribution in [0.1, 0.15) is 94.4 Å². The van der Waals surface area contributed by atoms with Crippen LogP contribution in [0.5, 0.6) is 0 Å². The molecule has 0 aromatic carbocycles. The first-order chi connectivity index (χ1) is 14.3. The Hall–Kier alpha value is -0.820. The SMILES string of the molecule is CCC(C)OC1CC(C)(C)N(C(CO)C(=O)C(C)C(=O)C(CC)(CC)OC)C(C)(C)C1. The van der Waals surface area contributed by atoms with E-state index >= 15 is 0 Å². The monoisotopic (exact) mass is 441 g/mol. The van der Waals surface area contributed by atoms with E-state index < -0.39 is 17.6 Å². The highest BCUT2D eigenvalue weighted by Gasteiger charge is 2.52. The topological polar surface area (TPSA) is 76.1 Å². The maximum atomic E-state index is 13.6. The average Bonchev–Trinajstić information content (AvgIpc) is 2.70. The number of aliphatic hydroxyl groups excluding tert-OH is 1. The first kappa shape index (κ1) is 28.2. The molecule has 0 aromatic heterocycles. The molecule has 0 aromatic rings. The fraction of sp³-hybridized carbons (Fsp3) is 0.920. The molecule has 1 fully saturated rings. The Labute approximate surface area is 190 Å². The number of rotatable bonds is 12. The number of piperidine rings is 1. The molecule has 1 saturated heterocycles. The van der Waals surface area contributed by atoms with Gasteiger partial charge in [0.1, 0.15) is 5.60 Å². The smallest absolute Gasteiger partial charge is 0.174 e. The van der Waals surface area contributed by atoms with Gasteiger partial charge in [0.15, 0.2) is 11.6 Å².